The Morgan fingerprint density at radius 3 is 2.65 bits per heavy atom. The molecule has 3 heterocycles. The lowest BCUT2D eigenvalue weighted by atomic mass is 10.1. The number of benzene rings is 1. The number of para-hydroxylation sites is 1. The summed E-state index contributed by atoms with van der Waals surface area (Å²) < 4.78 is 0. The van der Waals surface area contributed by atoms with Crippen molar-refractivity contribution in [2.24, 2.45) is 0 Å². The van der Waals surface area contributed by atoms with Gasteiger partial charge in [-0.1, -0.05) is 17.7 Å². The van der Waals surface area contributed by atoms with Gasteiger partial charge in [-0.3, -0.25) is 4.90 Å². The summed E-state index contributed by atoms with van der Waals surface area (Å²) in [5.74, 6) is 1.90. The second kappa shape index (κ2) is 10.9. The lowest BCUT2D eigenvalue weighted by molar-refractivity contribution is 0.188. The summed E-state index contributed by atoms with van der Waals surface area (Å²) in [5, 5.41) is 33.0. The van der Waals surface area contributed by atoms with Crippen LogP contribution in [0, 0.1) is 16.7 Å². The molecule has 0 radical (unpaired) electrons. The van der Waals surface area contributed by atoms with Crippen molar-refractivity contribution < 1.29 is 5.11 Å². The van der Waals surface area contributed by atoms with Gasteiger partial charge in [-0.2, -0.15) is 5.26 Å². The average Bonchev–Trinajstić information content (AvgIpc) is 2.86. The summed E-state index contributed by atoms with van der Waals surface area (Å²) in [6.07, 6.45) is 4.25. The van der Waals surface area contributed by atoms with Crippen molar-refractivity contribution in [3.05, 3.63) is 59.0 Å². The number of pyridine rings is 1. The van der Waals surface area contributed by atoms with Crippen LogP contribution in [0.4, 0.5) is 28.8 Å². The van der Waals surface area contributed by atoms with E-state index in [2.05, 4.69) is 41.5 Å². The fourth-order valence-electron chi connectivity index (χ4n) is 3.70. The normalized spacial score (nSPS) is 13.9. The summed E-state index contributed by atoms with van der Waals surface area (Å²) in [5.41, 5.74) is 1.98. The number of piperazine rings is 1. The standard InChI is InChI=1S/C23H24ClN9O/c24-18-3-1-2-16(12-25)23(18)30-19-10-20(27-14-17(19)13-26)31-21-11-22(29-15-28-21)33-6-4-32(5-7-33)8-9-34/h1-3,10-11,13-15,26,34H,4-9H2,(H2,27,28,29,30,31). The summed E-state index contributed by atoms with van der Waals surface area (Å²) in [6.45, 7) is 4.20. The number of halogens is 1. The van der Waals surface area contributed by atoms with E-state index in [4.69, 9.17) is 22.1 Å². The minimum absolute atomic E-state index is 0.163. The van der Waals surface area contributed by atoms with Gasteiger partial charge in [-0.05, 0) is 12.1 Å². The highest BCUT2D eigenvalue weighted by Gasteiger charge is 2.18. The fraction of sp³-hybridized carbons (Fsp3) is 0.261. The number of β-amino-alcohol motifs (C(OH)–C–C–N with tert-alkyl or cyclic N) is 1. The third-order valence-electron chi connectivity index (χ3n) is 5.51. The number of rotatable bonds is 8. The predicted molar refractivity (Wildman–Crippen MR) is 133 cm³/mol. The highest BCUT2D eigenvalue weighted by atomic mass is 35.5. The third-order valence-corrected chi connectivity index (χ3v) is 5.82. The van der Waals surface area contributed by atoms with Crippen molar-refractivity contribution in [1.29, 1.82) is 10.7 Å². The van der Waals surface area contributed by atoms with Crippen LogP contribution < -0.4 is 15.5 Å². The summed E-state index contributed by atoms with van der Waals surface area (Å²) >= 11 is 6.30. The molecular weight excluding hydrogens is 454 g/mol. The zero-order valence-corrected chi connectivity index (χ0v) is 19.1. The Morgan fingerprint density at radius 1 is 1.12 bits per heavy atom. The third kappa shape index (κ3) is 5.40. The van der Waals surface area contributed by atoms with Crippen LogP contribution in [-0.4, -0.2) is 70.5 Å². The maximum absolute atomic E-state index is 9.42. The number of nitrogens with one attached hydrogen (secondary N) is 3. The molecule has 0 saturated carbocycles. The molecular formula is C23H24ClN9O. The first-order valence-corrected chi connectivity index (χ1v) is 11.1. The number of anilines is 5. The van der Waals surface area contributed by atoms with E-state index in [1.807, 2.05) is 6.07 Å². The Balaban J connectivity index is 1.53. The van der Waals surface area contributed by atoms with Gasteiger partial charge in [0.05, 0.1) is 28.6 Å². The van der Waals surface area contributed by atoms with E-state index in [0.717, 1.165) is 32.0 Å². The molecule has 3 aromatic rings. The number of hydrogen-bond donors (Lipinski definition) is 4. The van der Waals surface area contributed by atoms with Gasteiger partial charge in [0.25, 0.3) is 0 Å². The predicted octanol–water partition coefficient (Wildman–Crippen LogP) is 3.00. The molecule has 0 atom stereocenters. The Labute approximate surface area is 202 Å². The maximum Gasteiger partial charge on any atom is 0.137 e. The maximum atomic E-state index is 9.42. The zero-order chi connectivity index (χ0) is 23.9. The first-order valence-electron chi connectivity index (χ1n) is 10.7. The Bertz CT molecular complexity index is 1210. The lowest BCUT2D eigenvalue weighted by Gasteiger charge is -2.35. The lowest BCUT2D eigenvalue weighted by Crippen LogP contribution is -2.47. The molecule has 4 rings (SSSR count). The molecule has 1 fully saturated rings. The molecule has 2 aromatic heterocycles. The van der Waals surface area contributed by atoms with E-state index >= 15 is 0 Å². The van der Waals surface area contributed by atoms with Gasteiger partial charge in [-0.15, -0.1) is 0 Å². The number of nitriles is 1. The quantitative estimate of drug-likeness (QED) is 0.361. The van der Waals surface area contributed by atoms with Crippen LogP contribution >= 0.6 is 11.6 Å². The molecule has 0 bridgehead atoms. The average molecular weight is 478 g/mol. The number of aliphatic hydroxyl groups excluding tert-OH is 1. The largest absolute Gasteiger partial charge is 0.395 e. The van der Waals surface area contributed by atoms with Crippen molar-refractivity contribution >= 4 is 46.6 Å². The molecule has 0 unspecified atom stereocenters. The second-order valence-corrected chi connectivity index (χ2v) is 8.05. The molecule has 174 valence electrons. The molecule has 34 heavy (non-hydrogen) atoms. The molecule has 1 aromatic carbocycles. The molecule has 0 spiro atoms. The minimum atomic E-state index is 0.163. The Kier molecular flexibility index (Phi) is 7.49. The van der Waals surface area contributed by atoms with E-state index < -0.39 is 0 Å². The molecule has 4 N–H and O–H groups in total. The first-order chi connectivity index (χ1) is 16.6. The molecule has 0 amide bonds. The SMILES string of the molecule is N#Cc1cccc(Cl)c1Nc1cc(Nc2cc(N3CCN(CCO)CC3)ncn2)ncc1C=N. The highest BCUT2D eigenvalue weighted by Crippen LogP contribution is 2.31. The van der Waals surface area contributed by atoms with Gasteiger partial charge in [0.2, 0.25) is 0 Å². The Morgan fingerprint density at radius 2 is 1.91 bits per heavy atom. The van der Waals surface area contributed by atoms with Gasteiger partial charge < -0.3 is 26.0 Å². The zero-order valence-electron chi connectivity index (χ0n) is 18.4. The summed E-state index contributed by atoms with van der Waals surface area (Å²) in [4.78, 5) is 17.5. The van der Waals surface area contributed by atoms with Gasteiger partial charge in [0, 0.05) is 62.8 Å². The first kappa shape index (κ1) is 23.4. The fourth-order valence-corrected chi connectivity index (χ4v) is 3.92. The van der Waals surface area contributed by atoms with E-state index in [-0.39, 0.29) is 6.61 Å². The van der Waals surface area contributed by atoms with Crippen molar-refractivity contribution in [2.75, 3.05) is 54.9 Å². The number of aromatic nitrogens is 3. The monoisotopic (exact) mass is 477 g/mol. The van der Waals surface area contributed by atoms with Gasteiger partial charge in [0.15, 0.2) is 0 Å². The summed E-state index contributed by atoms with van der Waals surface area (Å²) in [6, 6.07) is 10.8. The molecule has 1 saturated heterocycles. The van der Waals surface area contributed by atoms with Crippen molar-refractivity contribution in [3.8, 4) is 6.07 Å². The van der Waals surface area contributed by atoms with Gasteiger partial charge >= 0.3 is 0 Å². The van der Waals surface area contributed by atoms with Crippen LogP contribution in [-0.2, 0) is 0 Å². The molecule has 10 nitrogen and oxygen atoms in total. The molecule has 1 aliphatic rings. The van der Waals surface area contributed by atoms with Crippen LogP contribution in [0.1, 0.15) is 11.1 Å². The van der Waals surface area contributed by atoms with Crippen LogP contribution in [0.2, 0.25) is 5.02 Å². The molecule has 0 aliphatic carbocycles. The van der Waals surface area contributed by atoms with E-state index in [9.17, 15) is 5.26 Å². The minimum Gasteiger partial charge on any atom is -0.395 e. The molecule has 11 heteroatoms. The number of aliphatic hydroxyl groups is 1. The number of hydrogen-bond acceptors (Lipinski definition) is 10. The molecule has 1 aliphatic heterocycles. The van der Waals surface area contributed by atoms with Crippen molar-refractivity contribution in [3.63, 3.8) is 0 Å². The van der Waals surface area contributed by atoms with E-state index in [1.165, 1.54) is 12.5 Å². The second-order valence-electron chi connectivity index (χ2n) is 7.64. The van der Waals surface area contributed by atoms with E-state index in [0.29, 0.717) is 45.7 Å². The van der Waals surface area contributed by atoms with Gasteiger partial charge in [0.1, 0.15) is 29.9 Å². The smallest absolute Gasteiger partial charge is 0.137 e. The van der Waals surface area contributed by atoms with Crippen LogP contribution in [0.25, 0.3) is 0 Å². The topological polar surface area (TPSA) is 137 Å². The summed E-state index contributed by atoms with van der Waals surface area (Å²) in [7, 11) is 0. The van der Waals surface area contributed by atoms with Crippen molar-refractivity contribution in [2.45, 2.75) is 0 Å². The number of nitrogens with zero attached hydrogens (tertiary/aromatic N) is 6. The Hall–Kier alpha value is -3.78. The van der Waals surface area contributed by atoms with E-state index in [1.54, 1.807) is 30.5 Å². The highest BCUT2D eigenvalue weighted by molar-refractivity contribution is 6.33. The van der Waals surface area contributed by atoms with Crippen LogP contribution in [0.5, 0.6) is 0 Å². The van der Waals surface area contributed by atoms with Crippen molar-refractivity contribution in [1.82, 2.24) is 19.9 Å². The van der Waals surface area contributed by atoms with Crippen LogP contribution in [0.3, 0.4) is 0 Å². The van der Waals surface area contributed by atoms with Gasteiger partial charge in [-0.25, -0.2) is 15.0 Å². The van der Waals surface area contributed by atoms with Crippen LogP contribution in [0.15, 0.2) is 42.9 Å².